The maximum Gasteiger partial charge on any atom is 0.251 e. The van der Waals surface area contributed by atoms with Crippen molar-refractivity contribution in [3.63, 3.8) is 0 Å². The quantitative estimate of drug-likeness (QED) is 0.365. The van der Waals surface area contributed by atoms with E-state index in [1.54, 1.807) is 12.1 Å². The molecule has 170 valence electrons. The van der Waals surface area contributed by atoms with Crippen LogP contribution in [-0.2, 0) is 10.0 Å². The molecule has 1 aromatic heterocycles. The molecule has 1 aliphatic carbocycles. The molecule has 1 amide bonds. The zero-order valence-corrected chi connectivity index (χ0v) is 18.5. The third-order valence-corrected chi connectivity index (χ3v) is 7.04. The Kier molecular flexibility index (Phi) is 10.2. The Morgan fingerprint density at radius 1 is 1.20 bits per heavy atom. The van der Waals surface area contributed by atoms with Crippen molar-refractivity contribution in [3.8, 4) is 0 Å². The lowest BCUT2D eigenvalue weighted by Crippen LogP contribution is -2.52. The van der Waals surface area contributed by atoms with Crippen molar-refractivity contribution < 1.29 is 23.4 Å². The normalized spacial score (nSPS) is 18.5. The van der Waals surface area contributed by atoms with Gasteiger partial charge in [-0.25, -0.2) is 13.1 Å². The molecule has 8 nitrogen and oxygen atoms in total. The van der Waals surface area contributed by atoms with Crippen molar-refractivity contribution >= 4 is 15.9 Å². The molecule has 0 radical (unpaired) electrons. The highest BCUT2D eigenvalue weighted by molar-refractivity contribution is 7.89. The van der Waals surface area contributed by atoms with Gasteiger partial charge in [0.05, 0.1) is 17.9 Å². The van der Waals surface area contributed by atoms with Crippen molar-refractivity contribution in [1.82, 2.24) is 15.0 Å². The second-order valence-corrected chi connectivity index (χ2v) is 9.99. The largest absolute Gasteiger partial charge is 0.389 e. The molecule has 2 rings (SSSR count). The van der Waals surface area contributed by atoms with Crippen LogP contribution in [0.1, 0.15) is 68.6 Å². The van der Waals surface area contributed by atoms with E-state index >= 15 is 0 Å². The summed E-state index contributed by atoms with van der Waals surface area (Å²) >= 11 is 0. The van der Waals surface area contributed by atoms with Gasteiger partial charge in [0.15, 0.2) is 0 Å². The molecular formula is C21H35N3O5S. The minimum absolute atomic E-state index is 0.298. The molecule has 9 heteroatoms. The van der Waals surface area contributed by atoms with Crippen LogP contribution in [0.5, 0.6) is 0 Å². The topological polar surface area (TPSA) is 129 Å². The zero-order valence-electron chi connectivity index (χ0n) is 17.7. The second-order valence-electron chi connectivity index (χ2n) is 8.14. The third-order valence-electron chi connectivity index (χ3n) is 5.62. The number of amides is 1. The van der Waals surface area contributed by atoms with E-state index in [9.17, 15) is 23.4 Å². The number of nitrogens with one attached hydrogen (secondary N) is 2. The molecule has 0 saturated heterocycles. The fraction of sp³-hybridized carbons (Fsp3) is 0.714. The number of nitrogens with zero attached hydrogens (tertiary/aromatic N) is 1. The van der Waals surface area contributed by atoms with Crippen molar-refractivity contribution in [3.05, 3.63) is 30.1 Å². The van der Waals surface area contributed by atoms with Gasteiger partial charge in [-0.3, -0.25) is 9.78 Å². The summed E-state index contributed by atoms with van der Waals surface area (Å²) in [5.74, 6) is -0.666. The zero-order chi connectivity index (χ0) is 22.0. The molecule has 4 N–H and O–H groups in total. The number of aliphatic hydroxyl groups is 2. The lowest BCUT2D eigenvalue weighted by atomic mass is 9.83. The number of hydrogen-bond donors (Lipinski definition) is 4. The number of sulfonamides is 1. The molecule has 1 aliphatic rings. The number of aromatic nitrogens is 1. The van der Waals surface area contributed by atoms with Gasteiger partial charge in [-0.1, -0.05) is 45.4 Å². The number of hydrogen-bond acceptors (Lipinski definition) is 6. The van der Waals surface area contributed by atoms with Crippen LogP contribution in [0.4, 0.5) is 0 Å². The van der Waals surface area contributed by atoms with Crippen molar-refractivity contribution in [2.24, 2.45) is 5.92 Å². The highest BCUT2D eigenvalue weighted by Crippen LogP contribution is 2.28. The molecule has 0 bridgehead atoms. The minimum Gasteiger partial charge on any atom is -0.389 e. The number of carbonyl (C=O) groups is 1. The SMILES string of the molecule is CCCCNS(=O)(=O)CC(O)C(O)C(CC1CCCCC1)NC(=O)c1ccncc1. The van der Waals surface area contributed by atoms with Crippen LogP contribution >= 0.6 is 0 Å². The second kappa shape index (κ2) is 12.3. The monoisotopic (exact) mass is 441 g/mol. The molecule has 30 heavy (non-hydrogen) atoms. The van der Waals surface area contributed by atoms with Crippen molar-refractivity contribution in [1.29, 1.82) is 0 Å². The van der Waals surface area contributed by atoms with Gasteiger partial charge in [0.2, 0.25) is 10.0 Å². The first-order chi connectivity index (χ1) is 14.3. The maximum atomic E-state index is 12.6. The molecule has 3 unspecified atom stereocenters. The van der Waals surface area contributed by atoms with Gasteiger partial charge in [-0.05, 0) is 30.9 Å². The van der Waals surface area contributed by atoms with Crippen LogP contribution in [-0.4, -0.2) is 60.1 Å². The Morgan fingerprint density at radius 2 is 1.87 bits per heavy atom. The van der Waals surface area contributed by atoms with Crippen molar-refractivity contribution in [2.45, 2.75) is 76.5 Å². The fourth-order valence-electron chi connectivity index (χ4n) is 3.88. The van der Waals surface area contributed by atoms with Crippen LogP contribution in [0.15, 0.2) is 24.5 Å². The number of carbonyl (C=O) groups excluding carboxylic acids is 1. The van der Waals surface area contributed by atoms with E-state index in [2.05, 4.69) is 15.0 Å². The lowest BCUT2D eigenvalue weighted by molar-refractivity contribution is 0.00201. The van der Waals surface area contributed by atoms with Crippen molar-refractivity contribution in [2.75, 3.05) is 12.3 Å². The maximum absolute atomic E-state index is 12.6. The standard InChI is InChI=1S/C21H35N3O5S/c1-2-3-11-23-30(28,29)15-19(25)20(26)18(14-16-7-5-4-6-8-16)24-21(27)17-9-12-22-13-10-17/h9-10,12-13,16,18-20,23,25-26H,2-8,11,14-15H2,1H3,(H,24,27). The highest BCUT2D eigenvalue weighted by Gasteiger charge is 2.33. The average molecular weight is 442 g/mol. The Hall–Kier alpha value is -1.55. The molecular weight excluding hydrogens is 406 g/mol. The molecule has 0 aliphatic heterocycles. The molecule has 1 saturated carbocycles. The summed E-state index contributed by atoms with van der Waals surface area (Å²) in [5.41, 5.74) is 0.397. The fourth-order valence-corrected chi connectivity index (χ4v) is 5.10. The van der Waals surface area contributed by atoms with Crippen LogP contribution in [0.25, 0.3) is 0 Å². The van der Waals surface area contributed by atoms with Crippen LogP contribution in [0.3, 0.4) is 0 Å². The van der Waals surface area contributed by atoms with Gasteiger partial charge in [0.1, 0.15) is 6.10 Å². The first-order valence-corrected chi connectivity index (χ1v) is 12.5. The summed E-state index contributed by atoms with van der Waals surface area (Å²) in [6.45, 7) is 2.25. The Labute approximate surface area is 179 Å². The van der Waals surface area contributed by atoms with Gasteiger partial charge in [-0.15, -0.1) is 0 Å². The third kappa shape index (κ3) is 8.29. The lowest BCUT2D eigenvalue weighted by Gasteiger charge is -2.32. The summed E-state index contributed by atoms with van der Waals surface area (Å²) in [6.07, 6.45) is 7.54. The molecule has 1 heterocycles. The summed E-state index contributed by atoms with van der Waals surface area (Å²) in [4.78, 5) is 16.5. The predicted octanol–water partition coefficient (Wildman–Crippen LogP) is 1.59. The van der Waals surface area contributed by atoms with Crippen LogP contribution in [0, 0.1) is 5.92 Å². The Morgan fingerprint density at radius 3 is 2.50 bits per heavy atom. The van der Waals surface area contributed by atoms with Crippen LogP contribution in [0.2, 0.25) is 0 Å². The molecule has 1 fully saturated rings. The van der Waals surface area contributed by atoms with Crippen LogP contribution < -0.4 is 10.0 Å². The van der Waals surface area contributed by atoms with Gasteiger partial charge in [0.25, 0.3) is 5.91 Å². The summed E-state index contributed by atoms with van der Waals surface area (Å²) in [6, 6.07) is 2.39. The number of aliphatic hydroxyl groups excluding tert-OH is 2. The van der Waals surface area contributed by atoms with E-state index in [4.69, 9.17) is 0 Å². The average Bonchev–Trinajstić information content (AvgIpc) is 2.73. The van der Waals surface area contributed by atoms with E-state index in [1.807, 2.05) is 6.92 Å². The summed E-state index contributed by atoms with van der Waals surface area (Å²) in [7, 11) is -3.73. The summed E-state index contributed by atoms with van der Waals surface area (Å²) in [5, 5.41) is 24.0. The van der Waals surface area contributed by atoms with Gasteiger partial charge in [0, 0.05) is 24.5 Å². The van der Waals surface area contributed by atoms with Gasteiger partial charge in [-0.2, -0.15) is 0 Å². The smallest absolute Gasteiger partial charge is 0.251 e. The van der Waals surface area contributed by atoms with Gasteiger partial charge >= 0.3 is 0 Å². The molecule has 0 aromatic carbocycles. The van der Waals surface area contributed by atoms with E-state index in [1.165, 1.54) is 18.8 Å². The molecule has 3 atom stereocenters. The highest BCUT2D eigenvalue weighted by atomic mass is 32.2. The first-order valence-electron chi connectivity index (χ1n) is 10.9. The molecule has 0 spiro atoms. The van der Waals surface area contributed by atoms with E-state index in [0.717, 1.165) is 32.1 Å². The number of rotatable bonds is 12. The number of pyridine rings is 1. The van der Waals surface area contributed by atoms with E-state index in [-0.39, 0.29) is 5.91 Å². The number of unbranched alkanes of at least 4 members (excludes halogenated alkanes) is 1. The van der Waals surface area contributed by atoms with E-state index in [0.29, 0.717) is 30.9 Å². The molecule has 1 aromatic rings. The Balaban J connectivity index is 2.06. The summed E-state index contributed by atoms with van der Waals surface area (Å²) < 4.78 is 26.8. The van der Waals surface area contributed by atoms with Gasteiger partial charge < -0.3 is 15.5 Å². The Bertz CT molecular complexity index is 738. The first kappa shape index (κ1) is 24.7. The predicted molar refractivity (Wildman–Crippen MR) is 115 cm³/mol. The van der Waals surface area contributed by atoms with E-state index < -0.39 is 34.0 Å². The minimum atomic E-state index is -3.73.